The van der Waals surface area contributed by atoms with Gasteiger partial charge >= 0.3 is 0 Å². The second-order valence-corrected chi connectivity index (χ2v) is 6.37. The van der Waals surface area contributed by atoms with E-state index in [0.717, 1.165) is 12.0 Å². The predicted molar refractivity (Wildman–Crippen MR) is 99.7 cm³/mol. The fourth-order valence-corrected chi connectivity index (χ4v) is 3.12. The predicted octanol–water partition coefficient (Wildman–Crippen LogP) is 3.71. The van der Waals surface area contributed by atoms with Gasteiger partial charge in [0.2, 0.25) is 5.91 Å². The summed E-state index contributed by atoms with van der Waals surface area (Å²) in [5.41, 5.74) is 2.95. The zero-order chi connectivity index (χ0) is 17.8. The fraction of sp³-hybridized carbons (Fsp3) is 0.300. The van der Waals surface area contributed by atoms with E-state index in [4.69, 9.17) is 0 Å². The molecular formula is C20H23N3O2. The van der Waals surface area contributed by atoms with E-state index in [-0.39, 0.29) is 23.9 Å². The molecule has 1 heterocycles. The molecule has 1 aliphatic rings. The van der Waals surface area contributed by atoms with E-state index in [9.17, 15) is 9.59 Å². The van der Waals surface area contributed by atoms with Gasteiger partial charge < -0.3 is 16.0 Å². The third-order valence-corrected chi connectivity index (χ3v) is 4.38. The summed E-state index contributed by atoms with van der Waals surface area (Å²) >= 11 is 0. The van der Waals surface area contributed by atoms with Crippen LogP contribution in [-0.4, -0.2) is 17.9 Å². The highest BCUT2D eigenvalue weighted by Crippen LogP contribution is 2.30. The Morgan fingerprint density at radius 3 is 2.68 bits per heavy atom. The molecule has 5 heteroatoms. The number of carbonyl (C=O) groups excluding carboxylic acids is 2. The molecule has 130 valence electrons. The average Bonchev–Trinajstić information content (AvgIpc) is 2.76. The molecule has 3 N–H and O–H groups in total. The van der Waals surface area contributed by atoms with E-state index in [0.29, 0.717) is 23.4 Å². The Morgan fingerprint density at radius 1 is 1.20 bits per heavy atom. The van der Waals surface area contributed by atoms with Crippen LogP contribution in [0.3, 0.4) is 0 Å². The highest BCUT2D eigenvalue weighted by molar-refractivity contribution is 6.06. The van der Waals surface area contributed by atoms with Crippen LogP contribution in [0.4, 0.5) is 11.4 Å². The summed E-state index contributed by atoms with van der Waals surface area (Å²) in [4.78, 5) is 24.8. The van der Waals surface area contributed by atoms with Crippen molar-refractivity contribution >= 4 is 23.2 Å². The van der Waals surface area contributed by atoms with Crippen LogP contribution < -0.4 is 16.0 Å². The van der Waals surface area contributed by atoms with Gasteiger partial charge in [0.1, 0.15) is 0 Å². The Balaban J connectivity index is 1.88. The molecule has 0 aromatic heterocycles. The van der Waals surface area contributed by atoms with Crippen LogP contribution in [0.1, 0.15) is 48.7 Å². The number of rotatable bonds is 4. The molecule has 0 saturated carbocycles. The van der Waals surface area contributed by atoms with Crippen LogP contribution in [0.2, 0.25) is 0 Å². The maximum atomic E-state index is 12.9. The number of hydrogen-bond acceptors (Lipinski definition) is 3. The largest absolute Gasteiger partial charge is 0.380 e. The first-order chi connectivity index (χ1) is 12.1. The second-order valence-electron chi connectivity index (χ2n) is 6.37. The van der Waals surface area contributed by atoms with E-state index in [2.05, 4.69) is 16.0 Å². The summed E-state index contributed by atoms with van der Waals surface area (Å²) in [6.45, 7) is 3.98. The van der Waals surface area contributed by atoms with E-state index < -0.39 is 0 Å². The van der Waals surface area contributed by atoms with Crippen LogP contribution in [0.15, 0.2) is 48.5 Å². The number of nitrogens with one attached hydrogen (secondary N) is 3. The number of carbonyl (C=O) groups is 2. The van der Waals surface area contributed by atoms with Crippen molar-refractivity contribution in [1.29, 1.82) is 0 Å². The SMILES string of the molecule is CCC(NC(=O)c1cccc2c1N[C@H](C)CC(=O)N2)c1ccccc1. The maximum Gasteiger partial charge on any atom is 0.253 e. The van der Waals surface area contributed by atoms with Gasteiger partial charge in [0.25, 0.3) is 5.91 Å². The first kappa shape index (κ1) is 17.0. The van der Waals surface area contributed by atoms with Gasteiger partial charge in [-0.05, 0) is 31.0 Å². The van der Waals surface area contributed by atoms with Crippen LogP contribution in [0.5, 0.6) is 0 Å². The number of para-hydroxylation sites is 1. The van der Waals surface area contributed by atoms with Crippen molar-refractivity contribution in [2.75, 3.05) is 10.6 Å². The Bertz CT molecular complexity index is 774. The highest BCUT2D eigenvalue weighted by Gasteiger charge is 2.23. The Hall–Kier alpha value is -2.82. The molecule has 0 fully saturated rings. The number of anilines is 2. The average molecular weight is 337 g/mol. The topological polar surface area (TPSA) is 70.2 Å². The molecule has 1 unspecified atom stereocenters. The number of fused-ring (bicyclic) bond motifs is 1. The second kappa shape index (κ2) is 7.38. The molecule has 2 amide bonds. The van der Waals surface area contributed by atoms with E-state index in [1.807, 2.05) is 50.2 Å². The molecular weight excluding hydrogens is 314 g/mol. The summed E-state index contributed by atoms with van der Waals surface area (Å²) < 4.78 is 0. The Kier molecular flexibility index (Phi) is 5.03. The molecule has 0 aliphatic carbocycles. The van der Waals surface area contributed by atoms with Crippen molar-refractivity contribution in [2.24, 2.45) is 0 Å². The lowest BCUT2D eigenvalue weighted by Gasteiger charge is -2.20. The first-order valence-corrected chi connectivity index (χ1v) is 8.63. The van der Waals surface area contributed by atoms with Gasteiger partial charge in [-0.1, -0.05) is 43.3 Å². The van der Waals surface area contributed by atoms with Crippen molar-refractivity contribution in [2.45, 2.75) is 38.8 Å². The Labute approximate surface area is 147 Å². The van der Waals surface area contributed by atoms with Crippen molar-refractivity contribution < 1.29 is 9.59 Å². The minimum atomic E-state index is -0.150. The van der Waals surface area contributed by atoms with Crippen LogP contribution in [0, 0.1) is 0 Å². The van der Waals surface area contributed by atoms with E-state index in [1.165, 1.54) is 0 Å². The number of hydrogen-bond donors (Lipinski definition) is 3. The lowest BCUT2D eigenvalue weighted by atomic mass is 10.0. The summed E-state index contributed by atoms with van der Waals surface area (Å²) in [5, 5.41) is 9.26. The van der Waals surface area contributed by atoms with Crippen molar-refractivity contribution in [3.63, 3.8) is 0 Å². The lowest BCUT2D eigenvalue weighted by molar-refractivity contribution is -0.116. The summed E-state index contributed by atoms with van der Waals surface area (Å²) in [5.74, 6) is -0.199. The van der Waals surface area contributed by atoms with Crippen molar-refractivity contribution in [3.8, 4) is 0 Å². The highest BCUT2D eigenvalue weighted by atomic mass is 16.2. The molecule has 2 aromatic carbocycles. The lowest BCUT2D eigenvalue weighted by Crippen LogP contribution is -2.29. The molecule has 2 aromatic rings. The van der Waals surface area contributed by atoms with Crippen molar-refractivity contribution in [1.82, 2.24) is 5.32 Å². The number of amides is 2. The van der Waals surface area contributed by atoms with Gasteiger partial charge in [-0.2, -0.15) is 0 Å². The molecule has 5 nitrogen and oxygen atoms in total. The first-order valence-electron chi connectivity index (χ1n) is 8.63. The van der Waals surface area contributed by atoms with Crippen LogP contribution in [0.25, 0.3) is 0 Å². The summed E-state index contributed by atoms with van der Waals surface area (Å²) in [6.07, 6.45) is 1.17. The van der Waals surface area contributed by atoms with Crippen LogP contribution in [-0.2, 0) is 4.79 Å². The maximum absolute atomic E-state index is 12.9. The molecule has 0 spiro atoms. The normalized spacial score (nSPS) is 17.5. The Morgan fingerprint density at radius 2 is 1.96 bits per heavy atom. The van der Waals surface area contributed by atoms with Crippen LogP contribution >= 0.6 is 0 Å². The van der Waals surface area contributed by atoms with Gasteiger partial charge in [-0.15, -0.1) is 0 Å². The molecule has 0 radical (unpaired) electrons. The fourth-order valence-electron chi connectivity index (χ4n) is 3.12. The van der Waals surface area contributed by atoms with Gasteiger partial charge in [0.15, 0.2) is 0 Å². The van der Waals surface area contributed by atoms with E-state index >= 15 is 0 Å². The molecule has 2 atom stereocenters. The van der Waals surface area contributed by atoms with Gasteiger partial charge in [-0.25, -0.2) is 0 Å². The third-order valence-electron chi connectivity index (χ3n) is 4.38. The standard InChI is InChI=1S/C20H23N3O2/c1-3-16(14-8-5-4-6-9-14)23-20(25)15-10-7-11-17-19(15)21-13(2)12-18(24)22-17/h4-11,13,16,21H,3,12H2,1-2H3,(H,22,24)(H,23,25)/t13-,16?/m1/s1. The zero-order valence-electron chi connectivity index (χ0n) is 14.5. The van der Waals surface area contributed by atoms with Gasteiger partial charge in [0, 0.05) is 12.5 Å². The molecule has 0 bridgehead atoms. The number of benzene rings is 2. The van der Waals surface area contributed by atoms with Gasteiger partial charge in [0.05, 0.1) is 23.0 Å². The molecule has 25 heavy (non-hydrogen) atoms. The zero-order valence-corrected chi connectivity index (χ0v) is 14.5. The monoisotopic (exact) mass is 337 g/mol. The minimum Gasteiger partial charge on any atom is -0.380 e. The van der Waals surface area contributed by atoms with E-state index in [1.54, 1.807) is 12.1 Å². The summed E-state index contributed by atoms with van der Waals surface area (Å²) in [7, 11) is 0. The molecule has 3 rings (SSSR count). The summed E-state index contributed by atoms with van der Waals surface area (Å²) in [6, 6.07) is 15.2. The molecule has 0 saturated heterocycles. The van der Waals surface area contributed by atoms with Gasteiger partial charge in [-0.3, -0.25) is 9.59 Å². The quantitative estimate of drug-likeness (QED) is 0.796. The minimum absolute atomic E-state index is 0.0358. The third kappa shape index (κ3) is 3.82. The van der Waals surface area contributed by atoms with Crippen molar-refractivity contribution in [3.05, 3.63) is 59.7 Å². The smallest absolute Gasteiger partial charge is 0.253 e. The molecule has 1 aliphatic heterocycles.